The van der Waals surface area contributed by atoms with Gasteiger partial charge in [0.25, 0.3) is 0 Å². The van der Waals surface area contributed by atoms with Gasteiger partial charge in [-0.25, -0.2) is 0 Å². The SMILES string of the molecule is C#CC1CCN1c1ccccc1COC. The second kappa shape index (κ2) is 4.37. The van der Waals surface area contributed by atoms with Crippen molar-refractivity contribution < 1.29 is 4.74 Å². The van der Waals surface area contributed by atoms with Gasteiger partial charge in [-0.05, 0) is 12.5 Å². The van der Waals surface area contributed by atoms with E-state index in [2.05, 4.69) is 23.0 Å². The van der Waals surface area contributed by atoms with Crippen molar-refractivity contribution in [1.82, 2.24) is 0 Å². The van der Waals surface area contributed by atoms with E-state index >= 15 is 0 Å². The molecule has 1 saturated heterocycles. The maximum Gasteiger partial charge on any atom is 0.0918 e. The maximum absolute atomic E-state index is 5.46. The minimum absolute atomic E-state index is 0.267. The van der Waals surface area contributed by atoms with Gasteiger partial charge in [0.2, 0.25) is 0 Å². The van der Waals surface area contributed by atoms with Crippen molar-refractivity contribution in [1.29, 1.82) is 0 Å². The number of nitrogens with zero attached hydrogens (tertiary/aromatic N) is 1. The van der Waals surface area contributed by atoms with Crippen LogP contribution in [0.5, 0.6) is 0 Å². The summed E-state index contributed by atoms with van der Waals surface area (Å²) in [5.74, 6) is 2.80. The Kier molecular flexibility index (Phi) is 2.94. The topological polar surface area (TPSA) is 12.5 Å². The van der Waals surface area contributed by atoms with Crippen LogP contribution in [-0.4, -0.2) is 19.7 Å². The molecule has 0 spiro atoms. The molecule has 1 unspecified atom stereocenters. The van der Waals surface area contributed by atoms with Crippen molar-refractivity contribution in [2.24, 2.45) is 0 Å². The highest BCUT2D eigenvalue weighted by molar-refractivity contribution is 5.57. The Bertz CT molecular complexity index is 380. The van der Waals surface area contributed by atoms with Crippen LogP contribution < -0.4 is 4.90 Å². The number of rotatable bonds is 3. The van der Waals surface area contributed by atoms with E-state index in [4.69, 9.17) is 11.2 Å². The van der Waals surface area contributed by atoms with Crippen LogP contribution in [0.2, 0.25) is 0 Å². The smallest absolute Gasteiger partial charge is 0.0918 e. The molecule has 0 amide bonds. The average Bonchev–Trinajstić information content (AvgIpc) is 2.20. The monoisotopic (exact) mass is 201 g/mol. The van der Waals surface area contributed by atoms with Crippen molar-refractivity contribution in [3.63, 3.8) is 0 Å². The largest absolute Gasteiger partial charge is 0.380 e. The van der Waals surface area contributed by atoms with Gasteiger partial charge in [0.1, 0.15) is 0 Å². The van der Waals surface area contributed by atoms with Crippen molar-refractivity contribution in [2.45, 2.75) is 19.1 Å². The van der Waals surface area contributed by atoms with E-state index in [0.29, 0.717) is 6.61 Å². The maximum atomic E-state index is 5.46. The van der Waals surface area contributed by atoms with Gasteiger partial charge in [-0.15, -0.1) is 6.42 Å². The lowest BCUT2D eigenvalue weighted by Crippen LogP contribution is -2.47. The molecule has 0 bridgehead atoms. The normalized spacial score (nSPS) is 19.5. The molecule has 2 rings (SSSR count). The molecule has 78 valence electrons. The minimum atomic E-state index is 0.267. The predicted octanol–water partition coefficient (Wildman–Crippen LogP) is 2.04. The molecular weight excluding hydrogens is 186 g/mol. The highest BCUT2D eigenvalue weighted by atomic mass is 16.5. The summed E-state index contributed by atoms with van der Waals surface area (Å²) < 4.78 is 5.18. The van der Waals surface area contributed by atoms with Gasteiger partial charge in [0, 0.05) is 24.9 Å². The van der Waals surface area contributed by atoms with Gasteiger partial charge in [-0.3, -0.25) is 0 Å². The van der Waals surface area contributed by atoms with E-state index < -0.39 is 0 Å². The fourth-order valence-corrected chi connectivity index (χ4v) is 1.92. The number of methoxy groups -OCH3 is 1. The van der Waals surface area contributed by atoms with Crippen LogP contribution in [0.25, 0.3) is 0 Å². The molecule has 1 atom stereocenters. The third kappa shape index (κ3) is 1.84. The molecule has 1 aromatic carbocycles. The third-order valence-corrected chi connectivity index (χ3v) is 2.81. The fraction of sp³-hybridized carbons (Fsp3) is 0.385. The van der Waals surface area contributed by atoms with E-state index in [1.54, 1.807) is 7.11 Å². The Morgan fingerprint density at radius 1 is 1.53 bits per heavy atom. The Hall–Kier alpha value is -1.46. The molecule has 0 saturated carbocycles. The fourth-order valence-electron chi connectivity index (χ4n) is 1.92. The summed E-state index contributed by atoms with van der Waals surface area (Å²) in [5, 5.41) is 0. The first-order valence-electron chi connectivity index (χ1n) is 5.16. The number of terminal acetylenes is 1. The second-order valence-corrected chi connectivity index (χ2v) is 3.73. The standard InChI is InChI=1S/C13H15NO/c1-3-12-8-9-14(12)13-7-5-4-6-11(13)10-15-2/h1,4-7,12H,8-10H2,2H3. The highest BCUT2D eigenvalue weighted by Crippen LogP contribution is 2.29. The molecule has 1 heterocycles. The summed E-state index contributed by atoms with van der Waals surface area (Å²) >= 11 is 0. The number of hydrogen-bond donors (Lipinski definition) is 0. The first kappa shape index (κ1) is 10.1. The van der Waals surface area contributed by atoms with Crippen LogP contribution in [0.4, 0.5) is 5.69 Å². The lowest BCUT2D eigenvalue weighted by atomic mass is 10.0. The summed E-state index contributed by atoms with van der Waals surface area (Å²) in [7, 11) is 1.71. The summed E-state index contributed by atoms with van der Waals surface area (Å²) in [6, 6.07) is 8.54. The predicted molar refractivity (Wildman–Crippen MR) is 61.7 cm³/mol. The Balaban J connectivity index is 2.24. The second-order valence-electron chi connectivity index (χ2n) is 3.73. The third-order valence-electron chi connectivity index (χ3n) is 2.81. The number of benzene rings is 1. The molecule has 1 aromatic rings. The van der Waals surface area contributed by atoms with Gasteiger partial charge in [-0.2, -0.15) is 0 Å². The van der Waals surface area contributed by atoms with Crippen LogP contribution in [0.1, 0.15) is 12.0 Å². The molecule has 0 radical (unpaired) electrons. The van der Waals surface area contributed by atoms with Crippen LogP contribution in [0.15, 0.2) is 24.3 Å². The van der Waals surface area contributed by atoms with Crippen molar-refractivity contribution in [3.05, 3.63) is 29.8 Å². The van der Waals surface area contributed by atoms with Gasteiger partial charge in [0.05, 0.1) is 12.6 Å². The zero-order chi connectivity index (χ0) is 10.7. The van der Waals surface area contributed by atoms with E-state index in [9.17, 15) is 0 Å². The zero-order valence-corrected chi connectivity index (χ0v) is 8.94. The quantitative estimate of drug-likeness (QED) is 0.694. The summed E-state index contributed by atoms with van der Waals surface area (Å²) in [4.78, 5) is 2.26. The first-order valence-corrected chi connectivity index (χ1v) is 5.16. The first-order chi connectivity index (χ1) is 7.36. The number of anilines is 1. The Labute approximate surface area is 90.9 Å². The van der Waals surface area contributed by atoms with Crippen molar-refractivity contribution >= 4 is 5.69 Å². The highest BCUT2D eigenvalue weighted by Gasteiger charge is 2.27. The van der Waals surface area contributed by atoms with E-state index in [-0.39, 0.29) is 6.04 Å². The molecule has 2 nitrogen and oxygen atoms in total. The Morgan fingerprint density at radius 3 is 2.93 bits per heavy atom. The molecule has 0 N–H and O–H groups in total. The Morgan fingerprint density at radius 2 is 2.33 bits per heavy atom. The number of para-hydroxylation sites is 1. The van der Waals surface area contributed by atoms with Crippen LogP contribution in [0.3, 0.4) is 0 Å². The average molecular weight is 201 g/mol. The summed E-state index contributed by atoms with van der Waals surface area (Å²) in [6.07, 6.45) is 6.56. The zero-order valence-electron chi connectivity index (χ0n) is 8.94. The molecule has 1 aliphatic heterocycles. The number of hydrogen-bond acceptors (Lipinski definition) is 2. The van der Waals surface area contributed by atoms with Crippen LogP contribution in [-0.2, 0) is 11.3 Å². The van der Waals surface area contributed by atoms with E-state index in [0.717, 1.165) is 13.0 Å². The van der Waals surface area contributed by atoms with Gasteiger partial charge >= 0.3 is 0 Å². The molecule has 2 heteroatoms. The lowest BCUT2D eigenvalue weighted by Gasteiger charge is -2.40. The molecule has 1 fully saturated rings. The van der Waals surface area contributed by atoms with Gasteiger partial charge < -0.3 is 9.64 Å². The summed E-state index contributed by atoms with van der Waals surface area (Å²) in [6.45, 7) is 1.69. The molecule has 0 aromatic heterocycles. The van der Waals surface area contributed by atoms with Crippen LogP contribution in [0, 0.1) is 12.3 Å². The summed E-state index contributed by atoms with van der Waals surface area (Å²) in [5.41, 5.74) is 2.42. The van der Waals surface area contributed by atoms with Crippen molar-refractivity contribution in [2.75, 3.05) is 18.6 Å². The van der Waals surface area contributed by atoms with Gasteiger partial charge in [0.15, 0.2) is 0 Å². The number of ether oxygens (including phenoxy) is 1. The molecule has 1 aliphatic rings. The molecule has 0 aliphatic carbocycles. The van der Waals surface area contributed by atoms with Gasteiger partial charge in [-0.1, -0.05) is 24.1 Å². The van der Waals surface area contributed by atoms with E-state index in [1.165, 1.54) is 11.3 Å². The van der Waals surface area contributed by atoms with Crippen molar-refractivity contribution in [3.8, 4) is 12.3 Å². The molecular formula is C13H15NO. The van der Waals surface area contributed by atoms with Crippen LogP contribution >= 0.6 is 0 Å². The molecule has 15 heavy (non-hydrogen) atoms. The lowest BCUT2D eigenvalue weighted by molar-refractivity contribution is 0.185. The van der Waals surface area contributed by atoms with E-state index in [1.807, 2.05) is 12.1 Å². The minimum Gasteiger partial charge on any atom is -0.380 e.